The fraction of sp³-hybridized carbons (Fsp3) is 0.235. The number of hydrogen-bond donors (Lipinski definition) is 1. The Morgan fingerprint density at radius 2 is 1.78 bits per heavy atom. The van der Waals surface area contributed by atoms with Gasteiger partial charge in [-0.3, -0.25) is 4.99 Å². The van der Waals surface area contributed by atoms with E-state index in [9.17, 15) is 5.11 Å². The number of halogens is 3. The molecule has 0 amide bonds. The van der Waals surface area contributed by atoms with Gasteiger partial charge in [0.25, 0.3) is 0 Å². The Balaban J connectivity index is 1.83. The van der Waals surface area contributed by atoms with Crippen LogP contribution >= 0.6 is 34.8 Å². The first kappa shape index (κ1) is 15.3. The highest BCUT2D eigenvalue weighted by atomic mass is 35.5. The van der Waals surface area contributed by atoms with E-state index in [1.54, 1.807) is 12.1 Å². The van der Waals surface area contributed by atoms with E-state index in [0.29, 0.717) is 34.6 Å². The summed E-state index contributed by atoms with van der Waals surface area (Å²) in [5.41, 5.74) is 1.42. The lowest BCUT2D eigenvalue weighted by atomic mass is 9.94. The first-order chi connectivity index (χ1) is 11.0. The van der Waals surface area contributed by atoms with Crippen molar-refractivity contribution in [1.29, 1.82) is 0 Å². The van der Waals surface area contributed by atoms with Crippen LogP contribution in [-0.4, -0.2) is 28.9 Å². The predicted molar refractivity (Wildman–Crippen MR) is 93.6 cm³/mol. The zero-order chi connectivity index (χ0) is 16.2. The minimum absolute atomic E-state index is 0.425. The molecule has 0 saturated heterocycles. The number of aliphatic hydroxyl groups is 1. The standard InChI is InChI=1S/C17H13Cl3N2O/c18-11-3-1-10(2-4-11)9-17(23)13-8-15(20)14(19)7-12(13)16-21-5-6-22(16)17/h1-4,7-8,23H,5-6,9H2. The SMILES string of the molecule is OC1(Cc2ccc(Cl)cc2)c2cc(Cl)c(Cl)cc2C2=NCCN21. The molecule has 0 aromatic heterocycles. The van der Waals surface area contributed by atoms with Crippen LogP contribution < -0.4 is 0 Å². The Labute approximate surface area is 149 Å². The average Bonchev–Trinajstić information content (AvgIpc) is 3.08. The van der Waals surface area contributed by atoms with Gasteiger partial charge in [0.05, 0.1) is 16.6 Å². The smallest absolute Gasteiger partial charge is 0.170 e. The molecule has 4 rings (SSSR count). The van der Waals surface area contributed by atoms with Gasteiger partial charge in [-0.25, -0.2) is 0 Å². The maximum absolute atomic E-state index is 11.5. The summed E-state index contributed by atoms with van der Waals surface area (Å²) in [5.74, 6) is 0.787. The van der Waals surface area contributed by atoms with E-state index >= 15 is 0 Å². The normalized spacial score (nSPS) is 22.1. The molecule has 0 fully saturated rings. The minimum atomic E-state index is -1.17. The van der Waals surface area contributed by atoms with E-state index < -0.39 is 5.72 Å². The lowest BCUT2D eigenvalue weighted by molar-refractivity contribution is -0.0637. The average molecular weight is 368 g/mol. The van der Waals surface area contributed by atoms with E-state index in [1.165, 1.54) is 0 Å². The first-order valence-electron chi connectivity index (χ1n) is 7.28. The molecule has 23 heavy (non-hydrogen) atoms. The van der Waals surface area contributed by atoms with Gasteiger partial charge in [0.1, 0.15) is 5.84 Å². The van der Waals surface area contributed by atoms with Gasteiger partial charge in [-0.15, -0.1) is 0 Å². The van der Waals surface area contributed by atoms with Gasteiger partial charge in [-0.05, 0) is 29.8 Å². The van der Waals surface area contributed by atoms with Crippen molar-refractivity contribution in [3.05, 3.63) is 68.2 Å². The number of benzene rings is 2. The molecular weight excluding hydrogens is 355 g/mol. The van der Waals surface area contributed by atoms with Crippen LogP contribution in [0.1, 0.15) is 16.7 Å². The van der Waals surface area contributed by atoms with Gasteiger partial charge in [0, 0.05) is 29.1 Å². The summed E-state index contributed by atoms with van der Waals surface area (Å²) < 4.78 is 0. The molecule has 0 saturated carbocycles. The van der Waals surface area contributed by atoms with Gasteiger partial charge >= 0.3 is 0 Å². The van der Waals surface area contributed by atoms with Gasteiger partial charge < -0.3 is 10.0 Å². The number of fused-ring (bicyclic) bond motifs is 3. The zero-order valence-corrected chi connectivity index (χ0v) is 14.3. The molecule has 0 bridgehead atoms. The van der Waals surface area contributed by atoms with Crippen molar-refractivity contribution in [2.75, 3.05) is 13.1 Å². The Kier molecular flexibility index (Phi) is 3.58. The lowest BCUT2D eigenvalue weighted by Gasteiger charge is -2.33. The van der Waals surface area contributed by atoms with Crippen LogP contribution in [0.15, 0.2) is 41.4 Å². The first-order valence-corrected chi connectivity index (χ1v) is 8.41. The molecule has 0 aliphatic carbocycles. The maximum atomic E-state index is 11.5. The van der Waals surface area contributed by atoms with Crippen LogP contribution in [0.25, 0.3) is 0 Å². The maximum Gasteiger partial charge on any atom is 0.170 e. The van der Waals surface area contributed by atoms with E-state index in [-0.39, 0.29) is 0 Å². The highest BCUT2D eigenvalue weighted by Gasteiger charge is 2.48. The summed E-state index contributed by atoms with van der Waals surface area (Å²) in [6.07, 6.45) is 0.425. The molecule has 3 nitrogen and oxygen atoms in total. The molecule has 1 N–H and O–H groups in total. The fourth-order valence-electron chi connectivity index (χ4n) is 3.32. The van der Waals surface area contributed by atoms with Gasteiger partial charge in [-0.1, -0.05) is 46.9 Å². The number of hydrogen-bond acceptors (Lipinski definition) is 3. The highest BCUT2D eigenvalue weighted by Crippen LogP contribution is 2.44. The third-order valence-electron chi connectivity index (χ3n) is 4.38. The summed E-state index contributed by atoms with van der Waals surface area (Å²) >= 11 is 18.3. The van der Waals surface area contributed by atoms with E-state index in [0.717, 1.165) is 22.5 Å². The minimum Gasteiger partial charge on any atom is -0.366 e. The van der Waals surface area contributed by atoms with Gasteiger partial charge in [0.15, 0.2) is 5.72 Å². The predicted octanol–water partition coefficient (Wildman–Crippen LogP) is 4.11. The molecule has 0 radical (unpaired) electrons. The van der Waals surface area contributed by atoms with Crippen LogP contribution in [0.4, 0.5) is 0 Å². The monoisotopic (exact) mass is 366 g/mol. The molecule has 1 unspecified atom stereocenters. The molecular formula is C17H13Cl3N2O. The molecule has 2 heterocycles. The summed E-state index contributed by atoms with van der Waals surface area (Å²) in [4.78, 5) is 6.45. The summed E-state index contributed by atoms with van der Waals surface area (Å²) in [6.45, 7) is 1.33. The van der Waals surface area contributed by atoms with Crippen molar-refractivity contribution in [1.82, 2.24) is 4.90 Å². The van der Waals surface area contributed by atoms with Crippen LogP contribution in [-0.2, 0) is 12.1 Å². The fourth-order valence-corrected chi connectivity index (χ4v) is 3.78. The Morgan fingerprint density at radius 3 is 2.52 bits per heavy atom. The third kappa shape index (κ3) is 2.34. The molecule has 2 aliphatic heterocycles. The summed E-state index contributed by atoms with van der Waals surface area (Å²) in [7, 11) is 0. The van der Waals surface area contributed by atoms with Crippen molar-refractivity contribution in [2.24, 2.45) is 4.99 Å². The number of amidine groups is 1. The van der Waals surface area contributed by atoms with Crippen molar-refractivity contribution in [3.63, 3.8) is 0 Å². The number of rotatable bonds is 2. The van der Waals surface area contributed by atoms with Crippen LogP contribution in [0.5, 0.6) is 0 Å². The van der Waals surface area contributed by atoms with Gasteiger partial charge in [0.2, 0.25) is 0 Å². The van der Waals surface area contributed by atoms with Crippen LogP contribution in [0.2, 0.25) is 15.1 Å². The van der Waals surface area contributed by atoms with Crippen LogP contribution in [0, 0.1) is 0 Å². The lowest BCUT2D eigenvalue weighted by Crippen LogP contribution is -2.44. The van der Waals surface area contributed by atoms with Crippen molar-refractivity contribution < 1.29 is 5.11 Å². The molecule has 6 heteroatoms. The quantitative estimate of drug-likeness (QED) is 0.867. The third-order valence-corrected chi connectivity index (χ3v) is 5.36. The van der Waals surface area contributed by atoms with E-state index in [1.807, 2.05) is 29.2 Å². The Morgan fingerprint density at radius 1 is 1.09 bits per heavy atom. The van der Waals surface area contributed by atoms with E-state index in [4.69, 9.17) is 34.8 Å². The Bertz CT molecular complexity index is 819. The Hall–Kier alpha value is -1.26. The number of aliphatic imine (C=N–C) groups is 1. The van der Waals surface area contributed by atoms with Crippen molar-refractivity contribution >= 4 is 40.6 Å². The second-order valence-electron chi connectivity index (χ2n) is 5.79. The van der Waals surface area contributed by atoms with Crippen molar-refractivity contribution in [2.45, 2.75) is 12.1 Å². The molecule has 2 aromatic rings. The van der Waals surface area contributed by atoms with E-state index in [2.05, 4.69) is 4.99 Å². The second kappa shape index (κ2) is 5.38. The second-order valence-corrected chi connectivity index (χ2v) is 7.04. The van der Waals surface area contributed by atoms with Crippen LogP contribution in [0.3, 0.4) is 0 Å². The zero-order valence-electron chi connectivity index (χ0n) is 12.1. The largest absolute Gasteiger partial charge is 0.366 e. The molecule has 0 spiro atoms. The van der Waals surface area contributed by atoms with Gasteiger partial charge in [-0.2, -0.15) is 0 Å². The number of nitrogens with zero attached hydrogens (tertiary/aromatic N) is 2. The highest BCUT2D eigenvalue weighted by molar-refractivity contribution is 6.42. The summed E-state index contributed by atoms with van der Waals surface area (Å²) in [6, 6.07) is 11.0. The molecule has 2 aliphatic rings. The molecule has 2 aromatic carbocycles. The topological polar surface area (TPSA) is 35.8 Å². The summed E-state index contributed by atoms with van der Waals surface area (Å²) in [5, 5.41) is 13.0. The van der Waals surface area contributed by atoms with Crippen molar-refractivity contribution in [3.8, 4) is 0 Å². The molecule has 118 valence electrons. The molecule has 1 atom stereocenters.